The van der Waals surface area contributed by atoms with E-state index < -0.39 is 17.6 Å². The zero-order valence-electron chi connectivity index (χ0n) is 19.8. The lowest BCUT2D eigenvalue weighted by atomic mass is 10.0. The molecule has 2 amide bonds. The van der Waals surface area contributed by atoms with Gasteiger partial charge in [-0.2, -0.15) is 13.2 Å². The Kier molecular flexibility index (Phi) is 6.27. The number of carbonyl (C=O) groups excluding carboxylic acids is 2. The number of hydrogen-bond acceptors (Lipinski definition) is 7. The summed E-state index contributed by atoms with van der Waals surface area (Å²) in [5.74, 6) is -0.503. The Balaban J connectivity index is 1.42. The highest BCUT2D eigenvalue weighted by atomic mass is 19.4. The van der Waals surface area contributed by atoms with Crippen LogP contribution in [-0.2, 0) is 11.0 Å². The minimum absolute atomic E-state index is 0.0329. The second kappa shape index (κ2) is 9.57. The molecule has 4 aromatic heterocycles. The lowest BCUT2D eigenvalue weighted by molar-refractivity contribution is -0.137. The largest absolute Gasteiger partial charge is 0.416 e. The van der Waals surface area contributed by atoms with Gasteiger partial charge in [-0.15, -0.1) is 0 Å². The Morgan fingerprint density at radius 1 is 1.13 bits per heavy atom. The van der Waals surface area contributed by atoms with Gasteiger partial charge in [0.25, 0.3) is 5.91 Å². The number of nitrogens with one attached hydrogen (secondary N) is 1. The summed E-state index contributed by atoms with van der Waals surface area (Å²) in [5, 5.41) is 2.35. The third kappa shape index (κ3) is 4.65. The van der Waals surface area contributed by atoms with Gasteiger partial charge < -0.3 is 16.0 Å². The number of anilines is 2. The molecule has 1 fully saturated rings. The molecule has 0 saturated carbocycles. The number of nitrogens with two attached hydrogens (primary N) is 1. The average Bonchev–Trinajstić information content (AvgIpc) is 3.54. The minimum atomic E-state index is -4.56. The van der Waals surface area contributed by atoms with Gasteiger partial charge in [0, 0.05) is 37.6 Å². The highest BCUT2D eigenvalue weighted by Crippen LogP contribution is 2.33. The Morgan fingerprint density at radius 3 is 2.63 bits per heavy atom. The number of carbonyl (C=O) groups is 2. The van der Waals surface area contributed by atoms with Crippen molar-refractivity contribution < 1.29 is 22.8 Å². The second-order valence-corrected chi connectivity index (χ2v) is 8.63. The van der Waals surface area contributed by atoms with Crippen LogP contribution >= 0.6 is 0 Å². The molecule has 3 N–H and O–H groups in total. The van der Waals surface area contributed by atoms with Crippen LogP contribution in [0.4, 0.5) is 24.9 Å². The summed E-state index contributed by atoms with van der Waals surface area (Å²) in [5.41, 5.74) is 7.21. The number of nitrogen functional groups attached to an aromatic ring is 1. The monoisotopic (exact) mass is 522 g/mol. The Morgan fingerprint density at radius 2 is 1.92 bits per heavy atom. The molecule has 13 heteroatoms. The summed E-state index contributed by atoms with van der Waals surface area (Å²) in [4.78, 5) is 43.4. The summed E-state index contributed by atoms with van der Waals surface area (Å²) in [7, 11) is 0. The molecule has 1 unspecified atom stereocenters. The fourth-order valence-corrected chi connectivity index (χ4v) is 4.39. The molecule has 194 valence electrons. The maximum atomic E-state index is 13.0. The standard InChI is InChI=1S/C25H21F3N8O2/c1-2-20(37)35-10-7-15(13-35)21-18-6-9-31-24(29)36(18)22(34-21)17-4-3-14(12-32-17)23(38)33-19-11-16(5-8-30-19)25(26,27)28/h2-6,8-9,11-12,15H,1,7,10,13H2,(H2,29,31)(H,30,33,38). The highest BCUT2D eigenvalue weighted by molar-refractivity contribution is 6.03. The maximum absolute atomic E-state index is 13.0. The van der Waals surface area contributed by atoms with Crippen molar-refractivity contribution in [2.24, 2.45) is 0 Å². The van der Waals surface area contributed by atoms with Gasteiger partial charge in [0.15, 0.2) is 5.82 Å². The van der Waals surface area contributed by atoms with Crippen molar-refractivity contribution in [3.05, 3.63) is 78.4 Å². The number of halogens is 3. The third-order valence-corrected chi connectivity index (χ3v) is 6.25. The van der Waals surface area contributed by atoms with E-state index in [1.165, 1.54) is 18.3 Å². The minimum Gasteiger partial charge on any atom is -0.369 e. The van der Waals surface area contributed by atoms with Crippen LogP contribution in [0.25, 0.3) is 17.0 Å². The van der Waals surface area contributed by atoms with Gasteiger partial charge in [-0.3, -0.25) is 19.0 Å². The molecular weight excluding hydrogens is 501 g/mol. The molecule has 38 heavy (non-hydrogen) atoms. The van der Waals surface area contributed by atoms with Crippen LogP contribution in [0, 0.1) is 0 Å². The van der Waals surface area contributed by atoms with E-state index in [0.29, 0.717) is 31.0 Å². The number of likely N-dealkylation sites (tertiary alicyclic amines) is 1. The van der Waals surface area contributed by atoms with Crippen LogP contribution in [-0.4, -0.2) is 54.1 Å². The lowest BCUT2D eigenvalue weighted by Crippen LogP contribution is -2.26. The smallest absolute Gasteiger partial charge is 0.369 e. The molecule has 0 radical (unpaired) electrons. The molecule has 1 aliphatic heterocycles. The number of rotatable bonds is 5. The van der Waals surface area contributed by atoms with E-state index >= 15 is 0 Å². The highest BCUT2D eigenvalue weighted by Gasteiger charge is 2.32. The molecule has 1 atom stereocenters. The van der Waals surface area contributed by atoms with Crippen molar-refractivity contribution in [3.63, 3.8) is 0 Å². The summed E-state index contributed by atoms with van der Waals surface area (Å²) in [6, 6.07) is 6.38. The van der Waals surface area contributed by atoms with Crippen molar-refractivity contribution >= 4 is 29.1 Å². The number of amides is 2. The number of hydrogen-bond donors (Lipinski definition) is 2. The number of alkyl halides is 3. The van der Waals surface area contributed by atoms with Crippen LogP contribution in [0.15, 0.2) is 61.6 Å². The molecule has 0 aliphatic carbocycles. The topological polar surface area (TPSA) is 131 Å². The lowest BCUT2D eigenvalue weighted by Gasteiger charge is -2.13. The Bertz CT molecular complexity index is 1550. The predicted molar refractivity (Wildman–Crippen MR) is 132 cm³/mol. The molecule has 0 bridgehead atoms. The van der Waals surface area contributed by atoms with Gasteiger partial charge in [0.05, 0.1) is 22.3 Å². The van der Waals surface area contributed by atoms with Crippen molar-refractivity contribution in [2.45, 2.75) is 18.5 Å². The van der Waals surface area contributed by atoms with Crippen molar-refractivity contribution in [1.29, 1.82) is 0 Å². The number of nitrogens with zero attached hydrogens (tertiary/aromatic N) is 6. The van der Waals surface area contributed by atoms with Crippen molar-refractivity contribution in [3.8, 4) is 11.5 Å². The van der Waals surface area contributed by atoms with Crippen LogP contribution in [0.3, 0.4) is 0 Å². The molecule has 0 spiro atoms. The van der Waals surface area contributed by atoms with E-state index in [9.17, 15) is 22.8 Å². The van der Waals surface area contributed by atoms with Gasteiger partial charge in [-0.25, -0.2) is 15.0 Å². The summed E-state index contributed by atoms with van der Waals surface area (Å²) in [6.45, 7) is 4.60. The maximum Gasteiger partial charge on any atom is 0.416 e. The van der Waals surface area contributed by atoms with Gasteiger partial charge in [-0.1, -0.05) is 6.58 Å². The quantitative estimate of drug-likeness (QED) is 0.383. The first-order valence-electron chi connectivity index (χ1n) is 11.5. The van der Waals surface area contributed by atoms with Crippen LogP contribution < -0.4 is 11.1 Å². The fourth-order valence-electron chi connectivity index (χ4n) is 4.39. The van der Waals surface area contributed by atoms with Crippen LogP contribution in [0.1, 0.15) is 34.0 Å². The van der Waals surface area contributed by atoms with Gasteiger partial charge in [-0.05, 0) is 42.8 Å². The SMILES string of the molecule is C=CC(=O)N1CCC(c2nc(-c3ccc(C(=O)Nc4cc(C(F)(F)F)ccn4)cn3)n3c(N)nccc23)C1. The summed E-state index contributed by atoms with van der Waals surface area (Å²) < 4.78 is 40.5. The van der Waals surface area contributed by atoms with Crippen molar-refractivity contribution in [1.82, 2.24) is 29.2 Å². The fraction of sp³-hybridized carbons (Fsp3) is 0.200. The zero-order valence-corrected chi connectivity index (χ0v) is 19.8. The van der Waals surface area contributed by atoms with E-state index in [-0.39, 0.29) is 29.2 Å². The van der Waals surface area contributed by atoms with Crippen molar-refractivity contribution in [2.75, 3.05) is 24.1 Å². The third-order valence-electron chi connectivity index (χ3n) is 6.25. The van der Waals surface area contributed by atoms with Crippen LogP contribution in [0.5, 0.6) is 0 Å². The van der Waals surface area contributed by atoms with Gasteiger partial charge >= 0.3 is 6.18 Å². The molecule has 0 aromatic carbocycles. The Hall–Kier alpha value is -4.81. The number of pyridine rings is 2. The molecule has 5 rings (SSSR count). The number of imidazole rings is 1. The molecule has 4 aromatic rings. The number of fused-ring (bicyclic) bond motifs is 1. The first-order valence-corrected chi connectivity index (χ1v) is 11.5. The summed E-state index contributed by atoms with van der Waals surface area (Å²) in [6.07, 6.45) is 1.26. The predicted octanol–water partition coefficient (Wildman–Crippen LogP) is 3.54. The van der Waals surface area contributed by atoms with Gasteiger partial charge in [0.1, 0.15) is 11.5 Å². The second-order valence-electron chi connectivity index (χ2n) is 8.63. The number of aromatic nitrogens is 5. The van der Waals surface area contributed by atoms with E-state index in [4.69, 9.17) is 10.7 Å². The van der Waals surface area contributed by atoms with Gasteiger partial charge in [0.2, 0.25) is 11.9 Å². The first-order chi connectivity index (χ1) is 18.2. The average molecular weight is 522 g/mol. The molecule has 1 aliphatic rings. The van der Waals surface area contributed by atoms with E-state index in [0.717, 1.165) is 29.5 Å². The Labute approximate surface area is 214 Å². The van der Waals surface area contributed by atoms with E-state index in [1.807, 2.05) is 0 Å². The molecular formula is C25H21F3N8O2. The van der Waals surface area contributed by atoms with E-state index in [2.05, 4.69) is 26.8 Å². The van der Waals surface area contributed by atoms with Crippen LogP contribution in [0.2, 0.25) is 0 Å². The molecule has 10 nitrogen and oxygen atoms in total. The summed E-state index contributed by atoms with van der Waals surface area (Å²) >= 11 is 0. The molecule has 5 heterocycles. The zero-order chi connectivity index (χ0) is 27.0. The normalized spacial score (nSPS) is 15.6. The van der Waals surface area contributed by atoms with E-state index in [1.54, 1.807) is 27.6 Å². The first kappa shape index (κ1) is 24.9. The molecule has 1 saturated heterocycles.